The molecule has 0 spiro atoms. The molecule has 2 amide bonds. The summed E-state index contributed by atoms with van der Waals surface area (Å²) in [5.41, 5.74) is 4.06. The zero-order valence-corrected chi connectivity index (χ0v) is 20.2. The summed E-state index contributed by atoms with van der Waals surface area (Å²) in [6.07, 6.45) is 1.75. The number of hydrogen-bond acceptors (Lipinski definition) is 5. The van der Waals surface area contributed by atoms with E-state index >= 15 is 0 Å². The molecule has 1 saturated heterocycles. The molecule has 1 atom stereocenters. The van der Waals surface area contributed by atoms with E-state index in [0.717, 1.165) is 48.9 Å². The first-order valence-corrected chi connectivity index (χ1v) is 11.6. The van der Waals surface area contributed by atoms with Gasteiger partial charge in [0.05, 0.1) is 12.0 Å². The molecule has 3 aromatic rings. The average molecular weight is 513 g/mol. The molecule has 2 heterocycles. The van der Waals surface area contributed by atoms with Crippen LogP contribution < -0.4 is 0 Å². The number of benzene rings is 2. The van der Waals surface area contributed by atoms with Gasteiger partial charge in [0.25, 0.3) is 11.1 Å². The zero-order valence-electron chi connectivity index (χ0n) is 17.8. The predicted octanol–water partition coefficient (Wildman–Crippen LogP) is 5.36. The van der Waals surface area contributed by atoms with Crippen LogP contribution in [0.2, 0.25) is 0 Å². The number of imide groups is 1. The fraction of sp³-hybridized carbons (Fsp3) is 0.208. The molecule has 0 unspecified atom stereocenters. The molecule has 0 radical (unpaired) electrons. The average Bonchev–Trinajstić information content (AvgIpc) is 3.22. The number of rotatable bonds is 5. The number of esters is 1. The van der Waals surface area contributed by atoms with Gasteiger partial charge in [-0.2, -0.15) is 0 Å². The van der Waals surface area contributed by atoms with E-state index in [9.17, 15) is 14.4 Å². The lowest BCUT2D eigenvalue weighted by Crippen LogP contribution is -2.42. The lowest BCUT2D eigenvalue weighted by Gasteiger charge is -2.18. The molecule has 4 rings (SSSR count). The van der Waals surface area contributed by atoms with Crippen LogP contribution in [0.1, 0.15) is 23.7 Å². The Labute approximate surface area is 198 Å². The van der Waals surface area contributed by atoms with E-state index < -0.39 is 23.2 Å². The van der Waals surface area contributed by atoms with Crippen molar-refractivity contribution in [2.45, 2.75) is 26.4 Å². The fourth-order valence-corrected chi connectivity index (χ4v) is 4.99. The number of ether oxygens (including phenoxy) is 1. The predicted molar refractivity (Wildman–Crippen MR) is 129 cm³/mol. The SMILES string of the molecule is COC(=O)[C@@H](C)N1C(=O)S/C(=C/c2c(C)n(Cc3ccc(Br)cc3)c3ccccc23)C1=O. The highest BCUT2D eigenvalue weighted by atomic mass is 79.9. The summed E-state index contributed by atoms with van der Waals surface area (Å²) in [7, 11) is 1.23. The van der Waals surface area contributed by atoms with Crippen LogP contribution in [0.3, 0.4) is 0 Å². The topological polar surface area (TPSA) is 68.6 Å². The third-order valence-corrected chi connectivity index (χ3v) is 6.97. The lowest BCUT2D eigenvalue weighted by atomic mass is 10.1. The van der Waals surface area contributed by atoms with E-state index in [4.69, 9.17) is 4.74 Å². The first kappa shape index (κ1) is 22.4. The second-order valence-corrected chi connectivity index (χ2v) is 9.39. The molecule has 0 saturated carbocycles. The summed E-state index contributed by atoms with van der Waals surface area (Å²) >= 11 is 4.31. The van der Waals surface area contributed by atoms with Crippen molar-refractivity contribution in [2.75, 3.05) is 7.11 Å². The van der Waals surface area contributed by atoms with E-state index in [2.05, 4.69) is 32.6 Å². The Balaban J connectivity index is 1.75. The van der Waals surface area contributed by atoms with Gasteiger partial charge in [-0.05, 0) is 55.4 Å². The number of carbonyl (C=O) groups excluding carboxylic acids is 3. The van der Waals surface area contributed by atoms with Gasteiger partial charge < -0.3 is 9.30 Å². The maximum atomic E-state index is 13.0. The van der Waals surface area contributed by atoms with Crippen molar-refractivity contribution in [3.63, 3.8) is 0 Å². The number of aromatic nitrogens is 1. The Morgan fingerprint density at radius 2 is 1.84 bits per heavy atom. The van der Waals surface area contributed by atoms with Crippen LogP contribution in [-0.2, 0) is 20.9 Å². The maximum Gasteiger partial charge on any atom is 0.328 e. The summed E-state index contributed by atoms with van der Waals surface area (Å²) in [5, 5.41) is 0.519. The van der Waals surface area contributed by atoms with Crippen LogP contribution in [-0.4, -0.2) is 39.7 Å². The van der Waals surface area contributed by atoms with Gasteiger partial charge in [0, 0.05) is 33.2 Å². The summed E-state index contributed by atoms with van der Waals surface area (Å²) in [4.78, 5) is 38.6. The molecule has 0 aliphatic carbocycles. The van der Waals surface area contributed by atoms with E-state index in [1.54, 1.807) is 6.08 Å². The van der Waals surface area contributed by atoms with E-state index in [1.807, 2.05) is 43.3 Å². The molecule has 0 bridgehead atoms. The first-order valence-electron chi connectivity index (χ1n) is 9.99. The van der Waals surface area contributed by atoms with Crippen LogP contribution in [0.15, 0.2) is 57.9 Å². The second kappa shape index (κ2) is 8.96. The first-order chi connectivity index (χ1) is 15.3. The summed E-state index contributed by atoms with van der Waals surface area (Å²) in [6.45, 7) is 4.17. The highest BCUT2D eigenvalue weighted by Gasteiger charge is 2.41. The number of halogens is 1. The van der Waals surface area contributed by atoms with Gasteiger partial charge in [0.1, 0.15) is 6.04 Å². The third-order valence-electron chi connectivity index (χ3n) is 5.56. The standard InChI is InChI=1S/C24H21BrN2O4S/c1-14-19(12-21-22(28)27(24(30)32-21)15(2)23(29)31-3)18-6-4-5-7-20(18)26(14)13-16-8-10-17(25)11-9-16/h4-12,15H,13H2,1-3H3/b21-12+/t15-/m1/s1. The molecular weight excluding hydrogens is 492 g/mol. The molecule has 1 aromatic heterocycles. The minimum atomic E-state index is -0.974. The quantitative estimate of drug-likeness (QED) is 0.340. The summed E-state index contributed by atoms with van der Waals surface area (Å²) < 4.78 is 7.92. The molecule has 1 fully saturated rings. The third kappa shape index (κ3) is 4.00. The van der Waals surface area contributed by atoms with E-state index in [-0.39, 0.29) is 0 Å². The number of para-hydroxylation sites is 1. The van der Waals surface area contributed by atoms with Gasteiger partial charge in [-0.1, -0.05) is 46.3 Å². The molecule has 0 N–H and O–H groups in total. The zero-order chi connectivity index (χ0) is 23.0. The van der Waals surface area contributed by atoms with Crippen LogP contribution in [0.5, 0.6) is 0 Å². The Morgan fingerprint density at radius 3 is 2.53 bits per heavy atom. The van der Waals surface area contributed by atoms with Crippen molar-refractivity contribution in [3.05, 3.63) is 74.7 Å². The number of methoxy groups -OCH3 is 1. The summed E-state index contributed by atoms with van der Waals surface area (Å²) in [5.74, 6) is -1.11. The van der Waals surface area contributed by atoms with Crippen LogP contribution in [0, 0.1) is 6.92 Å². The van der Waals surface area contributed by atoms with Gasteiger partial charge in [-0.15, -0.1) is 0 Å². The number of carbonyl (C=O) groups is 3. The fourth-order valence-electron chi connectivity index (χ4n) is 3.84. The number of thioether (sulfide) groups is 1. The van der Waals surface area contributed by atoms with Crippen LogP contribution in [0.4, 0.5) is 4.79 Å². The number of hydrogen-bond donors (Lipinski definition) is 0. The Hall–Kier alpha value is -2.84. The highest BCUT2D eigenvalue weighted by Crippen LogP contribution is 2.36. The number of fused-ring (bicyclic) bond motifs is 1. The number of amides is 2. The van der Waals surface area contributed by atoms with Gasteiger partial charge in [-0.3, -0.25) is 14.5 Å². The normalized spacial score (nSPS) is 16.2. The number of nitrogens with zero attached hydrogens (tertiary/aromatic N) is 2. The molecule has 1 aliphatic heterocycles. The molecule has 1 aliphatic rings. The van der Waals surface area contributed by atoms with Gasteiger partial charge >= 0.3 is 5.97 Å². The maximum absolute atomic E-state index is 13.0. The van der Waals surface area contributed by atoms with Crippen LogP contribution >= 0.6 is 27.7 Å². The van der Waals surface area contributed by atoms with Crippen molar-refractivity contribution in [2.24, 2.45) is 0 Å². The molecule has 8 heteroatoms. The van der Waals surface area contributed by atoms with Crippen LogP contribution in [0.25, 0.3) is 17.0 Å². The largest absolute Gasteiger partial charge is 0.467 e. The van der Waals surface area contributed by atoms with Crippen molar-refractivity contribution in [1.82, 2.24) is 9.47 Å². The Bertz CT molecular complexity index is 1260. The molecular formula is C24H21BrN2O4S. The van der Waals surface area contributed by atoms with Gasteiger partial charge in [-0.25, -0.2) is 4.79 Å². The highest BCUT2D eigenvalue weighted by molar-refractivity contribution is 9.10. The van der Waals surface area contributed by atoms with Crippen molar-refractivity contribution < 1.29 is 19.1 Å². The molecule has 164 valence electrons. The van der Waals surface area contributed by atoms with Crippen molar-refractivity contribution in [1.29, 1.82) is 0 Å². The molecule has 2 aromatic carbocycles. The summed E-state index contributed by atoms with van der Waals surface area (Å²) in [6, 6.07) is 15.2. The molecule has 6 nitrogen and oxygen atoms in total. The second-order valence-electron chi connectivity index (χ2n) is 7.48. The Morgan fingerprint density at radius 1 is 1.16 bits per heavy atom. The van der Waals surface area contributed by atoms with Crippen molar-refractivity contribution >= 4 is 61.8 Å². The van der Waals surface area contributed by atoms with Gasteiger partial charge in [0.15, 0.2) is 0 Å². The minimum absolute atomic E-state index is 0.292. The molecule has 32 heavy (non-hydrogen) atoms. The van der Waals surface area contributed by atoms with E-state index in [0.29, 0.717) is 11.4 Å². The Kier molecular flexibility index (Phi) is 6.26. The van der Waals surface area contributed by atoms with Gasteiger partial charge in [0.2, 0.25) is 0 Å². The van der Waals surface area contributed by atoms with Crippen molar-refractivity contribution in [3.8, 4) is 0 Å². The smallest absolute Gasteiger partial charge is 0.328 e. The lowest BCUT2D eigenvalue weighted by molar-refractivity contribution is -0.148. The van der Waals surface area contributed by atoms with E-state index in [1.165, 1.54) is 14.0 Å². The minimum Gasteiger partial charge on any atom is -0.467 e. The monoisotopic (exact) mass is 512 g/mol.